The summed E-state index contributed by atoms with van der Waals surface area (Å²) in [6.07, 6.45) is 2.29. The van der Waals surface area contributed by atoms with Gasteiger partial charge < -0.3 is 19.8 Å². The van der Waals surface area contributed by atoms with Gasteiger partial charge in [-0.3, -0.25) is 5.41 Å². The normalized spacial score (nSPS) is 22.2. The van der Waals surface area contributed by atoms with E-state index >= 15 is 0 Å². The van der Waals surface area contributed by atoms with Crippen LogP contribution in [0, 0.1) is 5.41 Å². The van der Waals surface area contributed by atoms with Gasteiger partial charge in [-0.2, -0.15) is 0 Å². The Morgan fingerprint density at radius 2 is 2.25 bits per heavy atom. The van der Waals surface area contributed by atoms with Crippen molar-refractivity contribution < 1.29 is 14.5 Å². The van der Waals surface area contributed by atoms with E-state index in [9.17, 15) is 10.00 Å². The Hall–Kier alpha value is 0.180. The van der Waals surface area contributed by atoms with Crippen LogP contribution in [0.15, 0.2) is 0 Å². The van der Waals surface area contributed by atoms with Gasteiger partial charge in [0.05, 0.1) is 23.4 Å². The van der Waals surface area contributed by atoms with Gasteiger partial charge in [-0.15, -0.1) is 11.6 Å². The van der Waals surface area contributed by atoms with Gasteiger partial charge in [0.15, 0.2) is 5.11 Å². The molecule has 0 amide bonds. The highest BCUT2D eigenvalue weighted by molar-refractivity contribution is 8.09. The lowest BCUT2D eigenvalue weighted by Gasteiger charge is -2.32. The fourth-order valence-corrected chi connectivity index (χ4v) is 3.99. The molecule has 2 atom stereocenters. The van der Waals surface area contributed by atoms with Crippen molar-refractivity contribution >= 4 is 53.7 Å². The molecule has 1 fully saturated rings. The molecule has 1 aliphatic rings. The standard InChI is InChI=1S/C10H19ClN3O3PS2/c1-3-17-18(16,20)14(7-12)8(19)13-6-9(2,15)10(11)4-5-10/h7,12,15H,3-6H2,1-2H3,(H,13,19)(H,16,20). The quantitative estimate of drug-likeness (QED) is 0.180. The van der Waals surface area contributed by atoms with Gasteiger partial charge in [-0.05, 0) is 50.7 Å². The van der Waals surface area contributed by atoms with E-state index in [1.54, 1.807) is 13.8 Å². The maximum absolute atomic E-state index is 10.3. The number of thiocarbonyl (C=S) groups is 1. The molecule has 0 radical (unpaired) electrons. The summed E-state index contributed by atoms with van der Waals surface area (Å²) in [5.41, 5.74) is -1.14. The topological polar surface area (TPSA) is 88.8 Å². The van der Waals surface area contributed by atoms with Gasteiger partial charge in [0.2, 0.25) is 0 Å². The number of hydrogen-bond donors (Lipinski definition) is 4. The zero-order valence-electron chi connectivity index (χ0n) is 11.3. The molecule has 2 unspecified atom stereocenters. The minimum absolute atomic E-state index is 0.0282. The van der Waals surface area contributed by atoms with E-state index in [0.717, 1.165) is 23.9 Å². The summed E-state index contributed by atoms with van der Waals surface area (Å²) in [7, 11) is 0. The van der Waals surface area contributed by atoms with E-state index in [4.69, 9.17) is 45.6 Å². The molecule has 0 aromatic rings. The lowest BCUT2D eigenvalue weighted by Crippen LogP contribution is -2.50. The van der Waals surface area contributed by atoms with Crippen molar-refractivity contribution in [3.05, 3.63) is 0 Å². The SMILES string of the molecule is CCOP(O)(=S)N(C=N)C(=S)NCC(C)(O)C1(Cl)CC1. The lowest BCUT2D eigenvalue weighted by molar-refractivity contribution is 0.0517. The number of alkyl halides is 1. The fraction of sp³-hybridized carbons (Fsp3) is 0.800. The first kappa shape index (κ1) is 18.2. The molecule has 0 bridgehead atoms. The van der Waals surface area contributed by atoms with E-state index in [1.165, 1.54) is 0 Å². The second-order valence-electron chi connectivity index (χ2n) is 4.78. The zero-order valence-corrected chi connectivity index (χ0v) is 14.6. The first-order chi connectivity index (χ1) is 9.09. The molecule has 0 aliphatic heterocycles. The first-order valence-electron chi connectivity index (χ1n) is 6.06. The summed E-state index contributed by atoms with van der Waals surface area (Å²) < 4.78 is 6.05. The number of halogens is 1. The van der Waals surface area contributed by atoms with Crippen LogP contribution >= 0.6 is 30.5 Å². The van der Waals surface area contributed by atoms with Gasteiger partial charge >= 0.3 is 0 Å². The molecule has 0 saturated heterocycles. The van der Waals surface area contributed by atoms with Crippen molar-refractivity contribution in [3.63, 3.8) is 0 Å². The Bertz CT molecular complexity index is 445. The molecule has 0 aromatic heterocycles. The summed E-state index contributed by atoms with van der Waals surface area (Å²) in [6, 6.07) is 0. The summed E-state index contributed by atoms with van der Waals surface area (Å²) in [5.74, 6) is 0. The average Bonchev–Trinajstić information content (AvgIpc) is 3.07. The molecule has 6 nitrogen and oxygen atoms in total. The third-order valence-corrected chi connectivity index (χ3v) is 6.70. The Morgan fingerprint density at radius 3 is 2.65 bits per heavy atom. The van der Waals surface area contributed by atoms with Crippen molar-refractivity contribution in [1.29, 1.82) is 5.41 Å². The van der Waals surface area contributed by atoms with E-state index in [2.05, 4.69) is 5.32 Å². The third-order valence-electron chi connectivity index (χ3n) is 3.14. The molecule has 4 N–H and O–H groups in total. The molecule has 1 saturated carbocycles. The third kappa shape index (κ3) is 4.10. The first-order valence-corrected chi connectivity index (χ1v) is 9.47. The monoisotopic (exact) mass is 359 g/mol. The molecule has 116 valence electrons. The fourth-order valence-electron chi connectivity index (χ4n) is 1.61. The largest absolute Gasteiger partial charge is 0.386 e. The van der Waals surface area contributed by atoms with Crippen LogP contribution in [-0.2, 0) is 16.3 Å². The number of hydrogen-bond acceptors (Lipinski definition) is 5. The van der Waals surface area contributed by atoms with Crippen LogP contribution in [0.4, 0.5) is 0 Å². The van der Waals surface area contributed by atoms with Crippen LogP contribution in [0.2, 0.25) is 0 Å². The van der Waals surface area contributed by atoms with Crippen molar-refractivity contribution in [2.24, 2.45) is 0 Å². The maximum atomic E-state index is 10.3. The summed E-state index contributed by atoms with van der Waals surface area (Å²) in [6.45, 7) is 0.255. The number of nitrogens with one attached hydrogen (secondary N) is 2. The second kappa shape index (κ2) is 6.52. The van der Waals surface area contributed by atoms with Crippen LogP contribution in [0.5, 0.6) is 0 Å². The van der Waals surface area contributed by atoms with Crippen molar-refractivity contribution in [1.82, 2.24) is 9.99 Å². The van der Waals surface area contributed by atoms with Crippen LogP contribution in [-0.4, -0.2) is 49.7 Å². The molecular formula is C10H19ClN3O3PS2. The molecule has 20 heavy (non-hydrogen) atoms. The highest BCUT2D eigenvalue weighted by atomic mass is 35.5. The minimum Gasteiger partial charge on any atom is -0.386 e. The van der Waals surface area contributed by atoms with Gasteiger partial charge in [0.25, 0.3) is 6.64 Å². The van der Waals surface area contributed by atoms with Crippen LogP contribution in [0.1, 0.15) is 26.7 Å². The van der Waals surface area contributed by atoms with E-state index in [1.807, 2.05) is 0 Å². The zero-order chi connectivity index (χ0) is 15.6. The number of rotatable bonds is 7. The predicted octanol–water partition coefficient (Wildman–Crippen LogP) is 1.55. The summed E-state index contributed by atoms with van der Waals surface area (Å²) in [4.78, 5) is 9.37. The minimum atomic E-state index is -3.36. The van der Waals surface area contributed by atoms with E-state index < -0.39 is 17.1 Å². The Balaban J connectivity index is 2.65. The molecule has 0 heterocycles. The molecule has 1 rings (SSSR count). The highest BCUT2D eigenvalue weighted by Gasteiger charge is 2.55. The van der Waals surface area contributed by atoms with Crippen molar-refractivity contribution in [2.45, 2.75) is 37.2 Å². The van der Waals surface area contributed by atoms with Crippen molar-refractivity contribution in [2.75, 3.05) is 13.2 Å². The molecule has 0 spiro atoms. The lowest BCUT2D eigenvalue weighted by atomic mass is 10.0. The number of aliphatic hydroxyl groups is 1. The summed E-state index contributed by atoms with van der Waals surface area (Å²) >= 11 is 16.2. The Kier molecular flexibility index (Phi) is 5.94. The van der Waals surface area contributed by atoms with Gasteiger partial charge in [0, 0.05) is 6.54 Å². The number of nitrogens with zero attached hydrogens (tertiary/aromatic N) is 1. The van der Waals surface area contributed by atoms with Gasteiger partial charge in [-0.1, -0.05) is 0 Å². The molecular weight excluding hydrogens is 341 g/mol. The average molecular weight is 360 g/mol. The molecule has 10 heteroatoms. The smallest absolute Gasteiger partial charge is 0.294 e. The van der Waals surface area contributed by atoms with Crippen LogP contribution < -0.4 is 5.32 Å². The van der Waals surface area contributed by atoms with Crippen molar-refractivity contribution in [3.8, 4) is 0 Å². The van der Waals surface area contributed by atoms with Crippen LogP contribution in [0.3, 0.4) is 0 Å². The van der Waals surface area contributed by atoms with Gasteiger partial charge in [-0.25, -0.2) is 4.67 Å². The highest BCUT2D eigenvalue weighted by Crippen LogP contribution is 2.51. The van der Waals surface area contributed by atoms with Crippen LogP contribution in [0.25, 0.3) is 0 Å². The van der Waals surface area contributed by atoms with E-state index in [0.29, 0.717) is 0 Å². The Morgan fingerprint density at radius 1 is 1.70 bits per heavy atom. The Labute approximate surface area is 134 Å². The predicted molar refractivity (Wildman–Crippen MR) is 87.8 cm³/mol. The maximum Gasteiger partial charge on any atom is 0.294 e. The van der Waals surface area contributed by atoms with E-state index in [-0.39, 0.29) is 18.3 Å². The molecule has 1 aliphatic carbocycles. The molecule has 0 aromatic carbocycles. The van der Waals surface area contributed by atoms with Gasteiger partial charge in [0.1, 0.15) is 0 Å². The summed E-state index contributed by atoms with van der Waals surface area (Å²) in [5, 5.41) is 20.4. The second-order valence-corrected chi connectivity index (χ2v) is 8.99.